The first kappa shape index (κ1) is 15.5. The second kappa shape index (κ2) is 6.74. The lowest BCUT2D eigenvalue weighted by molar-refractivity contribution is 0.170. The van der Waals surface area contributed by atoms with E-state index in [4.69, 9.17) is 4.74 Å². The molecule has 0 aliphatic carbocycles. The number of hydrogen-bond acceptors (Lipinski definition) is 3. The number of methoxy groups -OCH3 is 1. The van der Waals surface area contributed by atoms with Crippen molar-refractivity contribution in [3.8, 4) is 5.75 Å². The van der Waals surface area contributed by atoms with Gasteiger partial charge in [0.1, 0.15) is 5.75 Å². The summed E-state index contributed by atoms with van der Waals surface area (Å²) in [6.45, 7) is 4.72. The number of ether oxygens (including phenoxy) is 1. The Morgan fingerprint density at radius 1 is 1.14 bits per heavy atom. The molecule has 0 aliphatic rings. The molecular weight excluding hydrogens is 262 g/mol. The van der Waals surface area contributed by atoms with Crippen LogP contribution in [0.15, 0.2) is 48.5 Å². The van der Waals surface area contributed by atoms with Crippen molar-refractivity contribution < 1.29 is 9.84 Å². The Morgan fingerprint density at radius 3 is 2.48 bits per heavy atom. The minimum atomic E-state index is -0.548. The molecule has 2 aromatic rings. The van der Waals surface area contributed by atoms with Crippen molar-refractivity contribution in [1.29, 1.82) is 0 Å². The van der Waals surface area contributed by atoms with Gasteiger partial charge in [-0.15, -0.1) is 0 Å². The van der Waals surface area contributed by atoms with Gasteiger partial charge in [-0.2, -0.15) is 0 Å². The summed E-state index contributed by atoms with van der Waals surface area (Å²) in [5.41, 5.74) is 2.76. The molecule has 21 heavy (non-hydrogen) atoms. The fourth-order valence-electron chi connectivity index (χ4n) is 2.38. The summed E-state index contributed by atoms with van der Waals surface area (Å²) in [6, 6.07) is 16.2. The third kappa shape index (κ3) is 3.63. The van der Waals surface area contributed by atoms with Crippen LogP contribution in [0.4, 0.5) is 0 Å². The second-order valence-electron chi connectivity index (χ2n) is 5.53. The van der Waals surface area contributed by atoms with Gasteiger partial charge >= 0.3 is 0 Å². The second-order valence-corrected chi connectivity index (χ2v) is 5.53. The highest BCUT2D eigenvalue weighted by Gasteiger charge is 2.28. The maximum absolute atomic E-state index is 9.91. The van der Waals surface area contributed by atoms with Crippen LogP contribution in [-0.2, 0) is 12.1 Å². The Hall–Kier alpha value is -1.84. The van der Waals surface area contributed by atoms with Gasteiger partial charge in [-0.25, -0.2) is 0 Å². The molecule has 0 saturated heterocycles. The monoisotopic (exact) mass is 285 g/mol. The Labute approximate surface area is 126 Å². The number of aliphatic hydroxyl groups is 1. The molecular formula is C18H23NO2. The molecule has 2 rings (SSSR count). The van der Waals surface area contributed by atoms with Crippen LogP contribution >= 0.6 is 0 Å². The van der Waals surface area contributed by atoms with Gasteiger partial charge in [0.25, 0.3) is 0 Å². The number of benzene rings is 2. The van der Waals surface area contributed by atoms with Crippen LogP contribution in [0.5, 0.6) is 5.75 Å². The molecule has 0 amide bonds. The van der Waals surface area contributed by atoms with E-state index in [0.717, 1.165) is 16.9 Å². The van der Waals surface area contributed by atoms with E-state index >= 15 is 0 Å². The van der Waals surface area contributed by atoms with Gasteiger partial charge < -0.3 is 15.2 Å². The predicted octanol–water partition coefficient (Wildman–Crippen LogP) is 3.00. The van der Waals surface area contributed by atoms with Crippen LogP contribution in [0.1, 0.15) is 23.6 Å². The maximum Gasteiger partial charge on any atom is 0.124 e. The van der Waals surface area contributed by atoms with Gasteiger partial charge in [0.2, 0.25) is 0 Å². The summed E-state index contributed by atoms with van der Waals surface area (Å²) in [7, 11) is 1.66. The first-order chi connectivity index (χ1) is 10.1. The summed E-state index contributed by atoms with van der Waals surface area (Å²) >= 11 is 0. The van der Waals surface area contributed by atoms with Gasteiger partial charge in [0.15, 0.2) is 0 Å². The molecule has 2 aromatic carbocycles. The highest BCUT2D eigenvalue weighted by molar-refractivity contribution is 5.42. The molecule has 0 heterocycles. The Balaban J connectivity index is 2.26. The first-order valence-electron chi connectivity index (χ1n) is 7.14. The summed E-state index contributed by atoms with van der Waals surface area (Å²) in [6.07, 6.45) is 0. The van der Waals surface area contributed by atoms with E-state index < -0.39 is 5.54 Å². The average molecular weight is 285 g/mol. The van der Waals surface area contributed by atoms with Crippen LogP contribution in [0, 0.1) is 6.92 Å². The number of nitrogens with one attached hydrogen (secondary N) is 1. The number of aryl methyl sites for hydroxylation is 1. The van der Waals surface area contributed by atoms with Gasteiger partial charge in [0, 0.05) is 12.1 Å². The minimum absolute atomic E-state index is 0.000350. The molecule has 0 radical (unpaired) electrons. The van der Waals surface area contributed by atoms with Crippen molar-refractivity contribution in [3.63, 3.8) is 0 Å². The molecule has 3 heteroatoms. The van der Waals surface area contributed by atoms with Gasteiger partial charge in [-0.1, -0.05) is 48.0 Å². The van der Waals surface area contributed by atoms with Gasteiger partial charge in [0.05, 0.1) is 19.3 Å². The van der Waals surface area contributed by atoms with Crippen LogP contribution < -0.4 is 10.1 Å². The van der Waals surface area contributed by atoms with Crippen molar-refractivity contribution in [2.24, 2.45) is 0 Å². The highest BCUT2D eigenvalue weighted by Crippen LogP contribution is 2.31. The Kier molecular flexibility index (Phi) is 4.99. The van der Waals surface area contributed by atoms with Crippen LogP contribution in [0.25, 0.3) is 0 Å². The maximum atomic E-state index is 9.91. The quantitative estimate of drug-likeness (QED) is 0.857. The normalized spacial score (nSPS) is 13.7. The molecule has 1 unspecified atom stereocenters. The number of rotatable bonds is 6. The van der Waals surface area contributed by atoms with E-state index in [2.05, 4.69) is 23.5 Å². The third-order valence-electron chi connectivity index (χ3n) is 3.79. The number of aliphatic hydroxyl groups excluding tert-OH is 1. The summed E-state index contributed by atoms with van der Waals surface area (Å²) < 4.78 is 5.45. The molecule has 3 nitrogen and oxygen atoms in total. The molecule has 1 atom stereocenters. The zero-order chi connectivity index (χ0) is 15.3. The van der Waals surface area contributed by atoms with Crippen LogP contribution in [-0.4, -0.2) is 18.8 Å². The van der Waals surface area contributed by atoms with E-state index in [-0.39, 0.29) is 6.61 Å². The molecule has 0 fully saturated rings. The number of hydrogen-bond donors (Lipinski definition) is 2. The summed E-state index contributed by atoms with van der Waals surface area (Å²) in [4.78, 5) is 0. The van der Waals surface area contributed by atoms with E-state index in [1.807, 2.05) is 44.2 Å². The van der Waals surface area contributed by atoms with Crippen LogP contribution in [0.3, 0.4) is 0 Å². The average Bonchev–Trinajstić information content (AvgIpc) is 2.53. The van der Waals surface area contributed by atoms with E-state index in [0.29, 0.717) is 6.54 Å². The molecule has 112 valence electrons. The molecule has 0 bridgehead atoms. The van der Waals surface area contributed by atoms with E-state index in [9.17, 15) is 5.11 Å². The summed E-state index contributed by atoms with van der Waals surface area (Å²) in [5, 5.41) is 13.4. The van der Waals surface area contributed by atoms with Crippen molar-refractivity contribution in [1.82, 2.24) is 5.32 Å². The van der Waals surface area contributed by atoms with Gasteiger partial charge in [-0.3, -0.25) is 0 Å². The molecule has 0 spiro atoms. The molecule has 2 N–H and O–H groups in total. The fourth-order valence-corrected chi connectivity index (χ4v) is 2.38. The van der Waals surface area contributed by atoms with Crippen LogP contribution in [0.2, 0.25) is 0 Å². The lowest BCUT2D eigenvalue weighted by Crippen LogP contribution is -2.42. The molecule has 0 aromatic heterocycles. The zero-order valence-corrected chi connectivity index (χ0v) is 12.9. The van der Waals surface area contributed by atoms with Crippen molar-refractivity contribution >= 4 is 0 Å². The molecule has 0 saturated carbocycles. The third-order valence-corrected chi connectivity index (χ3v) is 3.79. The van der Waals surface area contributed by atoms with Crippen molar-refractivity contribution in [2.75, 3.05) is 13.7 Å². The smallest absolute Gasteiger partial charge is 0.124 e. The Morgan fingerprint density at radius 2 is 1.86 bits per heavy atom. The predicted molar refractivity (Wildman–Crippen MR) is 85.5 cm³/mol. The highest BCUT2D eigenvalue weighted by atomic mass is 16.5. The lowest BCUT2D eigenvalue weighted by Gasteiger charge is -2.31. The van der Waals surface area contributed by atoms with Gasteiger partial charge in [-0.05, 0) is 25.5 Å². The fraction of sp³-hybridized carbons (Fsp3) is 0.333. The summed E-state index contributed by atoms with van der Waals surface area (Å²) in [5.74, 6) is 0.790. The standard InChI is InChI=1S/C18H23NO2/c1-14-9-10-17(21-3)16(11-14)18(2,13-20)19-12-15-7-5-4-6-8-15/h4-11,19-20H,12-13H2,1-3H3. The van der Waals surface area contributed by atoms with E-state index in [1.165, 1.54) is 5.56 Å². The topological polar surface area (TPSA) is 41.5 Å². The SMILES string of the molecule is COc1ccc(C)cc1C(C)(CO)NCc1ccccc1. The Bertz CT molecular complexity index is 583. The molecule has 0 aliphatic heterocycles. The van der Waals surface area contributed by atoms with E-state index in [1.54, 1.807) is 7.11 Å². The minimum Gasteiger partial charge on any atom is -0.496 e. The first-order valence-corrected chi connectivity index (χ1v) is 7.14. The van der Waals surface area contributed by atoms with Crippen molar-refractivity contribution in [2.45, 2.75) is 25.9 Å². The van der Waals surface area contributed by atoms with Crippen molar-refractivity contribution in [3.05, 3.63) is 65.2 Å². The lowest BCUT2D eigenvalue weighted by atomic mass is 9.90. The largest absolute Gasteiger partial charge is 0.496 e. The zero-order valence-electron chi connectivity index (χ0n) is 12.9.